The number of hydrogen-bond donors (Lipinski definition) is 1. The van der Waals surface area contributed by atoms with Gasteiger partial charge in [0.1, 0.15) is 17.2 Å². The lowest BCUT2D eigenvalue weighted by Crippen LogP contribution is -2.10. The van der Waals surface area contributed by atoms with Crippen LogP contribution in [0.1, 0.15) is 11.1 Å². The molecule has 0 aliphatic rings. The predicted molar refractivity (Wildman–Crippen MR) is 123 cm³/mol. The molecule has 0 unspecified atom stereocenters. The highest BCUT2D eigenvalue weighted by atomic mass is 16.5. The first-order chi connectivity index (χ1) is 15.1. The van der Waals surface area contributed by atoms with E-state index in [1.54, 1.807) is 20.3 Å². The number of fused-ring (bicyclic) bond motifs is 1. The molecule has 0 saturated carbocycles. The molecule has 2 heterocycles. The molecule has 0 aliphatic heterocycles. The molecular formula is C25H23N3O3. The molecule has 2 aromatic carbocycles. The van der Waals surface area contributed by atoms with E-state index in [0.29, 0.717) is 23.0 Å². The molecule has 0 saturated heterocycles. The molecular weight excluding hydrogens is 390 g/mol. The van der Waals surface area contributed by atoms with Crippen LogP contribution in [0, 0.1) is 6.92 Å². The molecule has 0 spiro atoms. The summed E-state index contributed by atoms with van der Waals surface area (Å²) in [6.07, 6.45) is 5.19. The fourth-order valence-corrected chi connectivity index (χ4v) is 3.35. The minimum atomic E-state index is -0.243. The smallest absolute Gasteiger partial charge is 0.249 e. The Labute approximate surface area is 180 Å². The zero-order valence-electron chi connectivity index (χ0n) is 17.6. The zero-order valence-corrected chi connectivity index (χ0v) is 17.6. The summed E-state index contributed by atoms with van der Waals surface area (Å²) in [4.78, 5) is 17.5. The highest BCUT2D eigenvalue weighted by Gasteiger charge is 2.17. The number of hydrogen-bond acceptors (Lipinski definition) is 4. The van der Waals surface area contributed by atoms with Crippen molar-refractivity contribution in [1.82, 2.24) is 9.38 Å². The highest BCUT2D eigenvalue weighted by molar-refractivity contribution is 6.03. The molecule has 6 heteroatoms. The van der Waals surface area contributed by atoms with Gasteiger partial charge in [0.2, 0.25) is 5.91 Å². The van der Waals surface area contributed by atoms with E-state index in [2.05, 4.69) is 5.32 Å². The van der Waals surface area contributed by atoms with Crippen LogP contribution in [-0.4, -0.2) is 29.5 Å². The van der Waals surface area contributed by atoms with Gasteiger partial charge in [-0.3, -0.25) is 9.20 Å². The number of carbonyl (C=O) groups is 1. The van der Waals surface area contributed by atoms with Crippen LogP contribution in [0.15, 0.2) is 72.9 Å². The van der Waals surface area contributed by atoms with Crippen molar-refractivity contribution in [2.24, 2.45) is 0 Å². The number of pyridine rings is 1. The van der Waals surface area contributed by atoms with Gasteiger partial charge in [-0.2, -0.15) is 0 Å². The lowest BCUT2D eigenvalue weighted by Gasteiger charge is -2.10. The Morgan fingerprint density at radius 1 is 1.00 bits per heavy atom. The number of benzene rings is 2. The number of rotatable bonds is 6. The summed E-state index contributed by atoms with van der Waals surface area (Å²) in [5, 5.41) is 2.99. The summed E-state index contributed by atoms with van der Waals surface area (Å²) >= 11 is 0. The molecule has 6 nitrogen and oxygen atoms in total. The maximum absolute atomic E-state index is 12.7. The van der Waals surface area contributed by atoms with E-state index < -0.39 is 0 Å². The number of carbonyl (C=O) groups excluding carboxylic acids is 1. The Hall–Kier alpha value is -4.06. The zero-order chi connectivity index (χ0) is 21.8. The maximum atomic E-state index is 12.7. The maximum Gasteiger partial charge on any atom is 0.249 e. The van der Waals surface area contributed by atoms with Gasteiger partial charge in [-0.25, -0.2) is 4.98 Å². The molecule has 31 heavy (non-hydrogen) atoms. The number of aromatic nitrogens is 2. The molecule has 0 atom stereocenters. The molecule has 4 aromatic rings. The summed E-state index contributed by atoms with van der Waals surface area (Å²) in [6, 6.07) is 19.2. The van der Waals surface area contributed by atoms with Crippen molar-refractivity contribution in [3.05, 3.63) is 84.1 Å². The molecule has 0 fully saturated rings. The van der Waals surface area contributed by atoms with Crippen LogP contribution in [0.25, 0.3) is 23.0 Å². The number of methoxy groups -OCH3 is 2. The van der Waals surface area contributed by atoms with Gasteiger partial charge >= 0.3 is 0 Å². The number of ether oxygens (including phenoxy) is 2. The number of anilines is 1. The van der Waals surface area contributed by atoms with Crippen LogP contribution in [0.4, 0.5) is 5.82 Å². The van der Waals surface area contributed by atoms with Gasteiger partial charge in [0.05, 0.1) is 14.2 Å². The van der Waals surface area contributed by atoms with E-state index in [0.717, 1.165) is 22.3 Å². The average Bonchev–Trinajstić information content (AvgIpc) is 3.15. The standard InChI is InChI=1S/C25H23N3O3/c1-17-13-14-28-22(15-17)26-24(19-10-11-20(30-2)21(16-19)31-3)25(28)27-23(29)12-9-18-7-5-4-6-8-18/h4-16H,1-3H3,(H,27,29)/b12-9+. The van der Waals surface area contributed by atoms with Crippen molar-refractivity contribution >= 4 is 23.4 Å². The van der Waals surface area contributed by atoms with E-state index in [-0.39, 0.29) is 5.91 Å². The largest absolute Gasteiger partial charge is 0.493 e. The van der Waals surface area contributed by atoms with Crippen molar-refractivity contribution in [3.63, 3.8) is 0 Å². The first kappa shape index (κ1) is 20.2. The van der Waals surface area contributed by atoms with Gasteiger partial charge in [-0.1, -0.05) is 30.3 Å². The van der Waals surface area contributed by atoms with Gasteiger partial charge in [0.15, 0.2) is 11.5 Å². The minimum absolute atomic E-state index is 0.243. The highest BCUT2D eigenvalue weighted by Crippen LogP contribution is 2.35. The fourth-order valence-electron chi connectivity index (χ4n) is 3.35. The minimum Gasteiger partial charge on any atom is -0.493 e. The summed E-state index contributed by atoms with van der Waals surface area (Å²) in [5.74, 6) is 1.56. The van der Waals surface area contributed by atoms with Crippen LogP contribution in [0.5, 0.6) is 11.5 Å². The molecule has 156 valence electrons. The Morgan fingerprint density at radius 2 is 1.77 bits per heavy atom. The molecule has 1 N–H and O–H groups in total. The molecule has 4 rings (SSSR count). The quantitative estimate of drug-likeness (QED) is 0.453. The van der Waals surface area contributed by atoms with Crippen molar-refractivity contribution in [2.75, 3.05) is 19.5 Å². The Morgan fingerprint density at radius 3 is 2.52 bits per heavy atom. The number of amides is 1. The third-order valence-corrected chi connectivity index (χ3v) is 4.91. The van der Waals surface area contributed by atoms with Gasteiger partial charge in [-0.15, -0.1) is 0 Å². The van der Waals surface area contributed by atoms with Crippen LogP contribution < -0.4 is 14.8 Å². The van der Waals surface area contributed by atoms with Gasteiger partial charge < -0.3 is 14.8 Å². The Bertz CT molecular complexity index is 1260. The normalized spacial score (nSPS) is 11.1. The van der Waals surface area contributed by atoms with Crippen molar-refractivity contribution in [1.29, 1.82) is 0 Å². The number of aryl methyl sites for hydroxylation is 1. The summed E-state index contributed by atoms with van der Waals surface area (Å²) < 4.78 is 12.7. The van der Waals surface area contributed by atoms with Crippen LogP contribution in [0.2, 0.25) is 0 Å². The second-order valence-electron chi connectivity index (χ2n) is 7.04. The van der Waals surface area contributed by atoms with Gasteiger partial charge in [0, 0.05) is 17.8 Å². The fraction of sp³-hybridized carbons (Fsp3) is 0.120. The summed E-state index contributed by atoms with van der Waals surface area (Å²) in [7, 11) is 3.18. The van der Waals surface area contributed by atoms with Crippen LogP contribution in [0.3, 0.4) is 0 Å². The SMILES string of the molecule is COc1ccc(-c2nc3cc(C)ccn3c2NC(=O)/C=C/c2ccccc2)cc1OC. The third-order valence-electron chi connectivity index (χ3n) is 4.91. The summed E-state index contributed by atoms with van der Waals surface area (Å²) in [6.45, 7) is 2.01. The van der Waals surface area contributed by atoms with Crippen molar-refractivity contribution < 1.29 is 14.3 Å². The van der Waals surface area contributed by atoms with E-state index >= 15 is 0 Å². The monoisotopic (exact) mass is 413 g/mol. The van der Waals surface area contributed by atoms with E-state index in [4.69, 9.17) is 14.5 Å². The van der Waals surface area contributed by atoms with E-state index in [1.165, 1.54) is 6.08 Å². The van der Waals surface area contributed by atoms with Gasteiger partial charge in [-0.05, 0) is 54.5 Å². The van der Waals surface area contributed by atoms with Crippen LogP contribution in [-0.2, 0) is 4.79 Å². The van der Waals surface area contributed by atoms with Crippen molar-refractivity contribution in [2.45, 2.75) is 6.92 Å². The Balaban J connectivity index is 1.75. The lowest BCUT2D eigenvalue weighted by atomic mass is 10.1. The third kappa shape index (κ3) is 4.28. The van der Waals surface area contributed by atoms with Crippen LogP contribution >= 0.6 is 0 Å². The summed E-state index contributed by atoms with van der Waals surface area (Å²) in [5.41, 5.74) is 4.23. The number of nitrogens with one attached hydrogen (secondary N) is 1. The second-order valence-corrected chi connectivity index (χ2v) is 7.04. The topological polar surface area (TPSA) is 64.9 Å². The lowest BCUT2D eigenvalue weighted by molar-refractivity contribution is -0.111. The van der Waals surface area contributed by atoms with E-state index in [1.807, 2.05) is 78.2 Å². The van der Waals surface area contributed by atoms with E-state index in [9.17, 15) is 4.79 Å². The molecule has 0 aliphatic carbocycles. The average molecular weight is 413 g/mol. The van der Waals surface area contributed by atoms with Gasteiger partial charge in [0.25, 0.3) is 0 Å². The number of imidazole rings is 1. The van der Waals surface area contributed by atoms with Crippen molar-refractivity contribution in [3.8, 4) is 22.8 Å². The predicted octanol–water partition coefficient (Wildman–Crippen LogP) is 4.98. The molecule has 0 bridgehead atoms. The molecule has 0 radical (unpaired) electrons. The number of nitrogens with zero attached hydrogens (tertiary/aromatic N) is 2. The first-order valence-electron chi connectivity index (χ1n) is 9.84. The molecule has 2 aromatic heterocycles. The Kier molecular flexibility index (Phi) is 5.71. The molecule has 1 amide bonds. The first-order valence-corrected chi connectivity index (χ1v) is 9.84. The second kappa shape index (κ2) is 8.75.